The molecule has 2 aromatic rings. The molecule has 1 aliphatic rings. The van der Waals surface area contributed by atoms with Gasteiger partial charge in [-0.05, 0) is 26.7 Å². The van der Waals surface area contributed by atoms with Gasteiger partial charge in [0.05, 0.1) is 23.6 Å². The number of nitrogens with zero attached hydrogens (tertiary/aromatic N) is 3. The number of nitrogen functional groups attached to an aromatic ring is 1. The van der Waals surface area contributed by atoms with Gasteiger partial charge in [0.2, 0.25) is 0 Å². The summed E-state index contributed by atoms with van der Waals surface area (Å²) in [4.78, 5) is 0. The molecule has 0 amide bonds. The summed E-state index contributed by atoms with van der Waals surface area (Å²) in [5, 5.41) is 8.46. The number of aromatic nitrogens is 3. The number of hydrogen-bond donors (Lipinski definition) is 1. The van der Waals surface area contributed by atoms with Crippen molar-refractivity contribution in [2.24, 2.45) is 0 Å². The average molecular weight is 232 g/mol. The topological polar surface area (TPSA) is 69.9 Å². The van der Waals surface area contributed by atoms with Crippen molar-refractivity contribution in [2.45, 2.75) is 39.2 Å². The first-order chi connectivity index (χ1) is 8.15. The Labute approximate surface area is 99.6 Å². The maximum absolute atomic E-state index is 5.89. The van der Waals surface area contributed by atoms with Crippen LogP contribution in [0.2, 0.25) is 0 Å². The zero-order chi connectivity index (χ0) is 12.0. The summed E-state index contributed by atoms with van der Waals surface area (Å²) in [6, 6.07) is 2.03. The van der Waals surface area contributed by atoms with Crippen LogP contribution in [0.15, 0.2) is 10.6 Å². The summed E-state index contributed by atoms with van der Waals surface area (Å²) < 4.78 is 7.19. The van der Waals surface area contributed by atoms with Crippen molar-refractivity contribution < 1.29 is 4.52 Å². The van der Waals surface area contributed by atoms with Crippen LogP contribution in [0.5, 0.6) is 0 Å². The Hall–Kier alpha value is -1.78. The standard InChI is InChI=1S/C12H16N4O/c1-7-12(13)8(2)16(14-7)6-10-5-11(17-15-10)9-3-4-9/h5,9H,3-4,6,13H2,1-2H3. The molecule has 0 aromatic carbocycles. The molecule has 3 rings (SSSR count). The Balaban J connectivity index is 1.82. The lowest BCUT2D eigenvalue weighted by atomic mass is 10.3. The third kappa shape index (κ3) is 1.81. The molecule has 1 saturated carbocycles. The quantitative estimate of drug-likeness (QED) is 0.878. The Morgan fingerprint density at radius 1 is 1.47 bits per heavy atom. The fourth-order valence-electron chi connectivity index (χ4n) is 1.98. The maximum Gasteiger partial charge on any atom is 0.140 e. The monoisotopic (exact) mass is 232 g/mol. The molecular formula is C12H16N4O. The van der Waals surface area contributed by atoms with Gasteiger partial charge in [-0.15, -0.1) is 0 Å². The highest BCUT2D eigenvalue weighted by molar-refractivity contribution is 5.46. The van der Waals surface area contributed by atoms with E-state index in [9.17, 15) is 0 Å². The molecule has 0 saturated heterocycles. The van der Waals surface area contributed by atoms with Gasteiger partial charge in [-0.2, -0.15) is 5.10 Å². The van der Waals surface area contributed by atoms with Gasteiger partial charge in [0, 0.05) is 12.0 Å². The summed E-state index contributed by atoms with van der Waals surface area (Å²) in [5.74, 6) is 1.61. The van der Waals surface area contributed by atoms with E-state index in [0.717, 1.165) is 28.5 Å². The van der Waals surface area contributed by atoms with Gasteiger partial charge < -0.3 is 10.3 Å². The molecule has 0 spiro atoms. The molecule has 0 bridgehead atoms. The minimum Gasteiger partial charge on any atom is -0.396 e. The minimum atomic E-state index is 0.599. The molecule has 0 aliphatic heterocycles. The summed E-state index contributed by atoms with van der Waals surface area (Å²) in [7, 11) is 0. The van der Waals surface area contributed by atoms with Gasteiger partial charge in [-0.25, -0.2) is 0 Å². The molecule has 5 heteroatoms. The molecule has 90 valence electrons. The van der Waals surface area contributed by atoms with E-state index in [4.69, 9.17) is 10.3 Å². The molecule has 2 aromatic heterocycles. The van der Waals surface area contributed by atoms with Crippen molar-refractivity contribution in [3.8, 4) is 0 Å². The number of hydrogen-bond acceptors (Lipinski definition) is 4. The first-order valence-corrected chi connectivity index (χ1v) is 5.90. The molecule has 0 unspecified atom stereocenters. The van der Waals surface area contributed by atoms with E-state index >= 15 is 0 Å². The van der Waals surface area contributed by atoms with Gasteiger partial charge in [0.15, 0.2) is 0 Å². The number of aryl methyl sites for hydroxylation is 1. The van der Waals surface area contributed by atoms with Crippen LogP contribution in [0, 0.1) is 13.8 Å². The Morgan fingerprint density at radius 2 is 2.24 bits per heavy atom. The second-order valence-electron chi connectivity index (χ2n) is 4.74. The average Bonchev–Trinajstić information content (AvgIpc) is 3.02. The van der Waals surface area contributed by atoms with Gasteiger partial charge in [0.1, 0.15) is 11.5 Å². The lowest BCUT2D eigenvalue weighted by Gasteiger charge is -2.00. The van der Waals surface area contributed by atoms with Crippen molar-refractivity contribution in [1.82, 2.24) is 14.9 Å². The van der Waals surface area contributed by atoms with E-state index in [1.165, 1.54) is 12.8 Å². The SMILES string of the molecule is Cc1nn(Cc2cc(C3CC3)on2)c(C)c1N. The van der Waals surface area contributed by atoms with Crippen LogP contribution in [-0.4, -0.2) is 14.9 Å². The van der Waals surface area contributed by atoms with Crippen LogP contribution in [0.25, 0.3) is 0 Å². The van der Waals surface area contributed by atoms with Crippen LogP contribution in [-0.2, 0) is 6.54 Å². The highest BCUT2D eigenvalue weighted by Crippen LogP contribution is 2.40. The summed E-state index contributed by atoms with van der Waals surface area (Å²) in [6.45, 7) is 4.51. The molecule has 2 N–H and O–H groups in total. The summed E-state index contributed by atoms with van der Waals surface area (Å²) >= 11 is 0. The van der Waals surface area contributed by atoms with Crippen molar-refractivity contribution in [2.75, 3.05) is 5.73 Å². The van der Waals surface area contributed by atoms with E-state index in [0.29, 0.717) is 12.5 Å². The minimum absolute atomic E-state index is 0.599. The molecule has 0 radical (unpaired) electrons. The largest absolute Gasteiger partial charge is 0.396 e. The Kier molecular flexibility index (Phi) is 2.21. The third-order valence-electron chi connectivity index (χ3n) is 3.31. The summed E-state index contributed by atoms with van der Waals surface area (Å²) in [5.41, 5.74) is 9.42. The second kappa shape index (κ2) is 3.61. The fraction of sp³-hybridized carbons (Fsp3) is 0.500. The van der Waals surface area contributed by atoms with E-state index in [2.05, 4.69) is 10.3 Å². The lowest BCUT2D eigenvalue weighted by molar-refractivity contribution is 0.375. The second-order valence-corrected chi connectivity index (χ2v) is 4.74. The van der Waals surface area contributed by atoms with Crippen molar-refractivity contribution >= 4 is 5.69 Å². The normalized spacial score (nSPS) is 15.4. The van der Waals surface area contributed by atoms with Crippen LogP contribution in [0.1, 0.15) is 41.6 Å². The van der Waals surface area contributed by atoms with Crippen LogP contribution in [0.4, 0.5) is 5.69 Å². The lowest BCUT2D eigenvalue weighted by Crippen LogP contribution is -2.04. The highest BCUT2D eigenvalue weighted by atomic mass is 16.5. The van der Waals surface area contributed by atoms with E-state index in [1.54, 1.807) is 0 Å². The predicted molar refractivity (Wildman–Crippen MR) is 63.7 cm³/mol. The van der Waals surface area contributed by atoms with Crippen LogP contribution < -0.4 is 5.73 Å². The Morgan fingerprint density at radius 3 is 2.82 bits per heavy atom. The van der Waals surface area contributed by atoms with Crippen molar-refractivity contribution in [3.05, 3.63) is 28.9 Å². The van der Waals surface area contributed by atoms with Gasteiger partial charge in [-0.3, -0.25) is 4.68 Å². The van der Waals surface area contributed by atoms with Crippen molar-refractivity contribution in [1.29, 1.82) is 0 Å². The zero-order valence-corrected chi connectivity index (χ0v) is 10.1. The molecule has 2 heterocycles. The van der Waals surface area contributed by atoms with E-state index in [-0.39, 0.29) is 0 Å². The molecule has 5 nitrogen and oxygen atoms in total. The number of nitrogens with two attached hydrogens (primary N) is 1. The predicted octanol–water partition coefficient (Wildman–Crippen LogP) is 2.00. The summed E-state index contributed by atoms with van der Waals surface area (Å²) in [6.07, 6.45) is 2.45. The van der Waals surface area contributed by atoms with E-state index < -0.39 is 0 Å². The Bertz CT molecular complexity index is 551. The van der Waals surface area contributed by atoms with Gasteiger partial charge in [-0.1, -0.05) is 5.16 Å². The molecule has 0 atom stereocenters. The molecule has 1 aliphatic carbocycles. The molecule has 17 heavy (non-hydrogen) atoms. The van der Waals surface area contributed by atoms with Gasteiger partial charge >= 0.3 is 0 Å². The molecular weight excluding hydrogens is 216 g/mol. The smallest absolute Gasteiger partial charge is 0.140 e. The number of rotatable bonds is 3. The maximum atomic E-state index is 5.89. The highest BCUT2D eigenvalue weighted by Gasteiger charge is 2.27. The molecule has 1 fully saturated rings. The van der Waals surface area contributed by atoms with Gasteiger partial charge in [0.25, 0.3) is 0 Å². The number of anilines is 1. The zero-order valence-electron chi connectivity index (χ0n) is 10.1. The van der Waals surface area contributed by atoms with E-state index in [1.807, 2.05) is 24.6 Å². The third-order valence-corrected chi connectivity index (χ3v) is 3.31. The van der Waals surface area contributed by atoms with Crippen molar-refractivity contribution in [3.63, 3.8) is 0 Å². The first-order valence-electron chi connectivity index (χ1n) is 5.90. The fourth-order valence-corrected chi connectivity index (χ4v) is 1.98. The van der Waals surface area contributed by atoms with Crippen LogP contribution >= 0.6 is 0 Å². The first kappa shape index (κ1) is 10.4. The van der Waals surface area contributed by atoms with Crippen LogP contribution in [0.3, 0.4) is 0 Å².